The molecule has 0 aliphatic heterocycles. The Balaban J connectivity index is 2.08. The first kappa shape index (κ1) is 14.9. The first-order valence-corrected chi connectivity index (χ1v) is 7.03. The molecule has 0 spiro atoms. The number of benzene rings is 1. The monoisotopic (exact) mass is 294 g/mol. The van der Waals surface area contributed by atoms with E-state index in [1.807, 2.05) is 48.9 Å². The predicted octanol–water partition coefficient (Wildman–Crippen LogP) is 2.43. The molecule has 0 saturated carbocycles. The lowest BCUT2D eigenvalue weighted by molar-refractivity contribution is -0.122. The fourth-order valence-electron chi connectivity index (χ4n) is 2.05. The Morgan fingerprint density at radius 2 is 2.15 bits per heavy atom. The van der Waals surface area contributed by atoms with Gasteiger partial charge in [0.05, 0.1) is 0 Å². The van der Waals surface area contributed by atoms with E-state index in [-0.39, 0.29) is 31.0 Å². The third kappa shape index (κ3) is 3.32. The molecule has 2 atom stereocenters. The molecule has 2 rings (SSSR count). The van der Waals surface area contributed by atoms with Crippen LogP contribution >= 0.6 is 11.6 Å². The summed E-state index contributed by atoms with van der Waals surface area (Å²) in [5.41, 5.74) is 0.940. The molecule has 1 amide bonds. The van der Waals surface area contributed by atoms with Crippen LogP contribution in [0, 0.1) is 5.92 Å². The molecule has 1 heterocycles. The van der Waals surface area contributed by atoms with Crippen molar-refractivity contribution in [2.75, 3.05) is 6.61 Å². The molecule has 1 aromatic carbocycles. The minimum Gasteiger partial charge on any atom is -0.396 e. The Morgan fingerprint density at radius 3 is 2.85 bits per heavy atom. The zero-order valence-corrected chi connectivity index (χ0v) is 12.4. The topological polar surface area (TPSA) is 54.3 Å². The number of carbonyl (C=O) groups excluding carboxylic acids is 1. The average Bonchev–Trinajstić information content (AvgIpc) is 2.80. The number of amides is 1. The second-order valence-electron chi connectivity index (χ2n) is 5.16. The molecule has 4 nitrogen and oxygen atoms in total. The number of nitrogens with one attached hydrogen (secondary N) is 1. The molecule has 0 saturated heterocycles. The van der Waals surface area contributed by atoms with Crippen molar-refractivity contribution in [2.24, 2.45) is 5.92 Å². The number of halogens is 1. The van der Waals surface area contributed by atoms with Gasteiger partial charge in [-0.25, -0.2) is 0 Å². The zero-order valence-electron chi connectivity index (χ0n) is 11.6. The number of fused-ring (bicyclic) bond motifs is 1. The van der Waals surface area contributed by atoms with E-state index < -0.39 is 0 Å². The van der Waals surface area contributed by atoms with Gasteiger partial charge in [0.25, 0.3) is 0 Å². The van der Waals surface area contributed by atoms with Gasteiger partial charge in [0.2, 0.25) is 5.91 Å². The minimum absolute atomic E-state index is 0.0369. The van der Waals surface area contributed by atoms with Gasteiger partial charge in [-0.05, 0) is 36.4 Å². The predicted molar refractivity (Wildman–Crippen MR) is 80.8 cm³/mol. The van der Waals surface area contributed by atoms with Crippen molar-refractivity contribution in [1.29, 1.82) is 0 Å². The second-order valence-corrected chi connectivity index (χ2v) is 5.60. The van der Waals surface area contributed by atoms with Gasteiger partial charge in [0.1, 0.15) is 6.54 Å². The standard InChI is InChI=1S/C15H19ClN2O2/c1-10(9-19)11(2)17-15(20)8-18-6-5-12-3-4-13(16)7-14(12)18/h3-7,10-11,19H,8-9H2,1-2H3,(H,17,20). The normalized spacial score (nSPS) is 14.2. The molecule has 2 unspecified atom stereocenters. The lowest BCUT2D eigenvalue weighted by atomic mass is 10.1. The summed E-state index contributed by atoms with van der Waals surface area (Å²) < 4.78 is 1.87. The van der Waals surface area contributed by atoms with E-state index >= 15 is 0 Å². The maximum atomic E-state index is 12.0. The number of carbonyl (C=O) groups is 1. The molecular formula is C15H19ClN2O2. The van der Waals surface area contributed by atoms with Gasteiger partial charge in [-0.15, -0.1) is 0 Å². The van der Waals surface area contributed by atoms with Crippen LogP contribution in [0.4, 0.5) is 0 Å². The summed E-state index contributed by atoms with van der Waals surface area (Å²) in [4.78, 5) is 12.0. The molecule has 0 fully saturated rings. The largest absolute Gasteiger partial charge is 0.396 e. The summed E-state index contributed by atoms with van der Waals surface area (Å²) in [6.45, 7) is 4.09. The van der Waals surface area contributed by atoms with Crippen molar-refractivity contribution in [3.8, 4) is 0 Å². The lowest BCUT2D eigenvalue weighted by Crippen LogP contribution is -2.39. The van der Waals surface area contributed by atoms with Crippen LogP contribution in [0.25, 0.3) is 10.9 Å². The number of hydrogen-bond acceptors (Lipinski definition) is 2. The minimum atomic E-state index is -0.0738. The van der Waals surface area contributed by atoms with Crippen molar-refractivity contribution in [3.63, 3.8) is 0 Å². The number of aliphatic hydroxyl groups is 1. The molecule has 0 radical (unpaired) electrons. The number of nitrogens with zero attached hydrogens (tertiary/aromatic N) is 1. The van der Waals surface area contributed by atoms with Gasteiger partial charge >= 0.3 is 0 Å². The zero-order chi connectivity index (χ0) is 14.7. The molecule has 1 aromatic heterocycles. The average molecular weight is 295 g/mol. The van der Waals surface area contributed by atoms with Gasteiger partial charge in [-0.1, -0.05) is 24.6 Å². The molecule has 0 aliphatic rings. The highest BCUT2D eigenvalue weighted by Crippen LogP contribution is 2.20. The number of aromatic nitrogens is 1. The highest BCUT2D eigenvalue weighted by molar-refractivity contribution is 6.31. The van der Waals surface area contributed by atoms with Gasteiger partial charge in [0.15, 0.2) is 0 Å². The molecule has 5 heteroatoms. The summed E-state index contributed by atoms with van der Waals surface area (Å²) in [7, 11) is 0. The highest BCUT2D eigenvalue weighted by atomic mass is 35.5. The summed E-state index contributed by atoms with van der Waals surface area (Å²) in [6.07, 6.45) is 1.88. The molecule has 108 valence electrons. The first-order chi connectivity index (χ1) is 9.51. The molecule has 20 heavy (non-hydrogen) atoms. The fraction of sp³-hybridized carbons (Fsp3) is 0.400. The Kier molecular flexibility index (Phi) is 4.68. The van der Waals surface area contributed by atoms with E-state index in [0.717, 1.165) is 10.9 Å². The van der Waals surface area contributed by atoms with E-state index in [9.17, 15) is 4.79 Å². The van der Waals surface area contributed by atoms with Crippen LogP contribution in [-0.2, 0) is 11.3 Å². The van der Waals surface area contributed by atoms with Crippen LogP contribution in [0.1, 0.15) is 13.8 Å². The van der Waals surface area contributed by atoms with Crippen LogP contribution in [0.15, 0.2) is 30.5 Å². The van der Waals surface area contributed by atoms with Crippen LogP contribution in [-0.4, -0.2) is 28.2 Å². The van der Waals surface area contributed by atoms with Crippen LogP contribution in [0.2, 0.25) is 5.02 Å². The van der Waals surface area contributed by atoms with Crippen molar-refractivity contribution >= 4 is 28.4 Å². The summed E-state index contributed by atoms with van der Waals surface area (Å²) in [5, 5.41) is 13.7. The number of hydrogen-bond donors (Lipinski definition) is 2. The number of aliphatic hydroxyl groups excluding tert-OH is 1. The summed E-state index contributed by atoms with van der Waals surface area (Å²) in [6, 6.07) is 7.52. The Hall–Kier alpha value is -1.52. The van der Waals surface area contributed by atoms with E-state index in [4.69, 9.17) is 16.7 Å². The Labute approximate surface area is 123 Å². The lowest BCUT2D eigenvalue weighted by Gasteiger charge is -2.19. The third-order valence-corrected chi connectivity index (χ3v) is 3.82. The van der Waals surface area contributed by atoms with Gasteiger partial charge < -0.3 is 15.0 Å². The number of rotatable bonds is 5. The van der Waals surface area contributed by atoms with Crippen molar-refractivity contribution in [2.45, 2.75) is 26.4 Å². The van der Waals surface area contributed by atoms with E-state index in [2.05, 4.69) is 5.32 Å². The summed E-state index contributed by atoms with van der Waals surface area (Å²) >= 11 is 5.99. The second kappa shape index (κ2) is 6.29. The maximum Gasteiger partial charge on any atom is 0.240 e. The van der Waals surface area contributed by atoms with Gasteiger partial charge in [0, 0.05) is 29.4 Å². The van der Waals surface area contributed by atoms with Crippen LogP contribution < -0.4 is 5.32 Å². The van der Waals surface area contributed by atoms with Crippen molar-refractivity contribution in [3.05, 3.63) is 35.5 Å². The highest BCUT2D eigenvalue weighted by Gasteiger charge is 2.14. The molecule has 2 aromatic rings. The third-order valence-electron chi connectivity index (χ3n) is 3.58. The maximum absolute atomic E-state index is 12.0. The fourth-order valence-corrected chi connectivity index (χ4v) is 2.22. The summed E-state index contributed by atoms with van der Waals surface area (Å²) in [5.74, 6) is -0.0370. The molecular weight excluding hydrogens is 276 g/mol. The molecule has 0 bridgehead atoms. The van der Waals surface area contributed by atoms with E-state index in [1.165, 1.54) is 0 Å². The Bertz CT molecular complexity index is 609. The quantitative estimate of drug-likeness (QED) is 0.890. The van der Waals surface area contributed by atoms with Crippen LogP contribution in [0.3, 0.4) is 0 Å². The van der Waals surface area contributed by atoms with E-state index in [1.54, 1.807) is 0 Å². The smallest absolute Gasteiger partial charge is 0.240 e. The van der Waals surface area contributed by atoms with Crippen molar-refractivity contribution < 1.29 is 9.90 Å². The van der Waals surface area contributed by atoms with Crippen LogP contribution in [0.5, 0.6) is 0 Å². The van der Waals surface area contributed by atoms with Gasteiger partial charge in [-0.2, -0.15) is 0 Å². The SMILES string of the molecule is CC(CO)C(C)NC(=O)Cn1ccc2ccc(Cl)cc21. The first-order valence-electron chi connectivity index (χ1n) is 6.66. The van der Waals surface area contributed by atoms with Crippen molar-refractivity contribution in [1.82, 2.24) is 9.88 Å². The Morgan fingerprint density at radius 1 is 1.40 bits per heavy atom. The van der Waals surface area contributed by atoms with E-state index in [0.29, 0.717) is 5.02 Å². The van der Waals surface area contributed by atoms with Gasteiger partial charge in [-0.3, -0.25) is 4.79 Å². The molecule has 0 aliphatic carbocycles. The molecule has 2 N–H and O–H groups in total.